The molecule has 0 bridgehead atoms. The maximum atomic E-state index is 10.6. The molecule has 0 saturated carbocycles. The third-order valence-corrected chi connectivity index (χ3v) is 4.04. The summed E-state index contributed by atoms with van der Waals surface area (Å²) in [4.78, 5) is 21.8. The van der Waals surface area contributed by atoms with E-state index < -0.39 is 5.97 Å². The molecular formula is C15H19N3O2S. The molecule has 0 unspecified atom stereocenters. The van der Waals surface area contributed by atoms with Gasteiger partial charge in [-0.1, -0.05) is 6.07 Å². The molecule has 0 saturated heterocycles. The van der Waals surface area contributed by atoms with Crippen molar-refractivity contribution in [1.82, 2.24) is 9.97 Å². The molecule has 2 aromatic rings. The highest BCUT2D eigenvalue weighted by Crippen LogP contribution is 2.22. The number of aliphatic carboxylic acids is 1. The zero-order valence-corrected chi connectivity index (χ0v) is 13.1. The molecule has 0 amide bonds. The van der Waals surface area contributed by atoms with Gasteiger partial charge in [-0.25, -0.2) is 4.98 Å². The Balaban J connectivity index is 2.05. The third-order valence-electron chi connectivity index (χ3n) is 3.09. The second-order valence-electron chi connectivity index (χ2n) is 4.80. The standard InChI is InChI=1S/C15H19N3O2S/c1-3-18(9-12-6-4-5-11(2)16-12)15-17-13(10-21-15)7-8-14(19)20/h4-6,10H,3,7-9H2,1-2H3,(H,19,20). The predicted octanol–water partition coefficient (Wildman–Crippen LogP) is 2.89. The molecule has 2 rings (SSSR count). The van der Waals surface area contributed by atoms with Crippen molar-refractivity contribution in [2.75, 3.05) is 11.4 Å². The Morgan fingerprint density at radius 1 is 1.33 bits per heavy atom. The van der Waals surface area contributed by atoms with Crippen LogP contribution < -0.4 is 4.90 Å². The summed E-state index contributed by atoms with van der Waals surface area (Å²) in [7, 11) is 0. The molecule has 2 heterocycles. The number of hydrogen-bond acceptors (Lipinski definition) is 5. The molecule has 21 heavy (non-hydrogen) atoms. The number of pyridine rings is 1. The topological polar surface area (TPSA) is 66.3 Å². The predicted molar refractivity (Wildman–Crippen MR) is 83.8 cm³/mol. The summed E-state index contributed by atoms with van der Waals surface area (Å²) >= 11 is 1.55. The zero-order valence-electron chi connectivity index (χ0n) is 12.2. The number of carboxylic acids is 1. The lowest BCUT2D eigenvalue weighted by Gasteiger charge is -2.19. The first kappa shape index (κ1) is 15.4. The summed E-state index contributed by atoms with van der Waals surface area (Å²) in [5.74, 6) is -0.791. The minimum atomic E-state index is -0.791. The van der Waals surface area contributed by atoms with Crippen molar-refractivity contribution in [1.29, 1.82) is 0 Å². The van der Waals surface area contributed by atoms with E-state index in [1.807, 2.05) is 30.5 Å². The molecular weight excluding hydrogens is 286 g/mol. The summed E-state index contributed by atoms with van der Waals surface area (Å²) in [6.45, 7) is 5.60. The number of carboxylic acid groups (broad SMARTS) is 1. The van der Waals surface area contributed by atoms with Crippen LogP contribution in [0.4, 0.5) is 5.13 Å². The van der Waals surface area contributed by atoms with Crippen LogP contribution in [-0.4, -0.2) is 27.6 Å². The SMILES string of the molecule is CCN(Cc1cccc(C)n1)c1nc(CCC(=O)O)cs1. The van der Waals surface area contributed by atoms with E-state index in [9.17, 15) is 4.79 Å². The minimum Gasteiger partial charge on any atom is -0.481 e. The third kappa shape index (κ3) is 4.53. The van der Waals surface area contributed by atoms with E-state index in [0.717, 1.165) is 28.8 Å². The van der Waals surface area contributed by atoms with Crippen LogP contribution in [0.5, 0.6) is 0 Å². The Hall–Kier alpha value is -1.95. The van der Waals surface area contributed by atoms with Gasteiger partial charge in [0.1, 0.15) is 0 Å². The molecule has 5 nitrogen and oxygen atoms in total. The van der Waals surface area contributed by atoms with Crippen LogP contribution in [-0.2, 0) is 17.8 Å². The van der Waals surface area contributed by atoms with E-state index in [1.54, 1.807) is 11.3 Å². The van der Waals surface area contributed by atoms with Gasteiger partial charge in [-0.2, -0.15) is 0 Å². The molecule has 0 aromatic carbocycles. The van der Waals surface area contributed by atoms with Gasteiger partial charge >= 0.3 is 5.97 Å². The van der Waals surface area contributed by atoms with Gasteiger partial charge in [0.15, 0.2) is 5.13 Å². The van der Waals surface area contributed by atoms with Gasteiger partial charge < -0.3 is 10.0 Å². The number of aromatic nitrogens is 2. The summed E-state index contributed by atoms with van der Waals surface area (Å²) in [6.07, 6.45) is 0.598. The molecule has 0 spiro atoms. The fourth-order valence-electron chi connectivity index (χ4n) is 1.99. The summed E-state index contributed by atoms with van der Waals surface area (Å²) in [6, 6.07) is 5.99. The highest BCUT2D eigenvalue weighted by atomic mass is 32.1. The molecule has 0 atom stereocenters. The Kier molecular flexibility index (Phi) is 5.27. The van der Waals surface area contributed by atoms with Gasteiger partial charge in [-0.15, -0.1) is 11.3 Å². The van der Waals surface area contributed by atoms with Crippen molar-refractivity contribution >= 4 is 22.4 Å². The number of thiazole rings is 1. The number of carbonyl (C=O) groups is 1. The number of nitrogens with zero attached hydrogens (tertiary/aromatic N) is 3. The van der Waals surface area contributed by atoms with E-state index in [2.05, 4.69) is 21.8 Å². The minimum absolute atomic E-state index is 0.120. The second-order valence-corrected chi connectivity index (χ2v) is 5.64. The van der Waals surface area contributed by atoms with Gasteiger partial charge in [0, 0.05) is 24.0 Å². The van der Waals surface area contributed by atoms with Crippen molar-refractivity contribution in [3.63, 3.8) is 0 Å². The Morgan fingerprint density at radius 3 is 2.81 bits per heavy atom. The van der Waals surface area contributed by atoms with Crippen molar-refractivity contribution < 1.29 is 9.90 Å². The fraction of sp³-hybridized carbons (Fsp3) is 0.400. The van der Waals surface area contributed by atoms with Crippen LogP contribution in [0.1, 0.15) is 30.4 Å². The lowest BCUT2D eigenvalue weighted by molar-refractivity contribution is -0.136. The average molecular weight is 305 g/mol. The van der Waals surface area contributed by atoms with E-state index in [0.29, 0.717) is 13.0 Å². The number of hydrogen-bond donors (Lipinski definition) is 1. The fourth-order valence-corrected chi connectivity index (χ4v) is 2.91. The van der Waals surface area contributed by atoms with Crippen molar-refractivity contribution in [3.8, 4) is 0 Å². The lowest BCUT2D eigenvalue weighted by atomic mass is 10.2. The van der Waals surface area contributed by atoms with Crippen LogP contribution in [0.15, 0.2) is 23.6 Å². The van der Waals surface area contributed by atoms with Crippen molar-refractivity contribution in [2.45, 2.75) is 33.2 Å². The van der Waals surface area contributed by atoms with E-state index >= 15 is 0 Å². The van der Waals surface area contributed by atoms with Gasteiger partial charge in [-0.3, -0.25) is 9.78 Å². The monoisotopic (exact) mass is 305 g/mol. The molecule has 112 valence electrons. The van der Waals surface area contributed by atoms with Crippen LogP contribution in [0.25, 0.3) is 0 Å². The quantitative estimate of drug-likeness (QED) is 0.852. The summed E-state index contributed by atoms with van der Waals surface area (Å²) in [5.41, 5.74) is 2.86. The first-order valence-corrected chi connectivity index (χ1v) is 7.80. The molecule has 0 aliphatic rings. The molecule has 0 fully saturated rings. The number of anilines is 1. The molecule has 0 aliphatic heterocycles. The normalized spacial score (nSPS) is 10.6. The summed E-state index contributed by atoms with van der Waals surface area (Å²) < 4.78 is 0. The Bertz CT molecular complexity index is 612. The Labute approximate surface area is 128 Å². The molecule has 1 N–H and O–H groups in total. The molecule has 6 heteroatoms. The maximum Gasteiger partial charge on any atom is 0.303 e. The van der Waals surface area contributed by atoms with E-state index in [1.165, 1.54) is 0 Å². The lowest BCUT2D eigenvalue weighted by Crippen LogP contribution is -2.22. The molecule has 2 aromatic heterocycles. The van der Waals surface area contributed by atoms with Gasteiger partial charge in [0.05, 0.1) is 24.4 Å². The first-order valence-electron chi connectivity index (χ1n) is 6.92. The highest BCUT2D eigenvalue weighted by molar-refractivity contribution is 7.13. The molecule has 0 aliphatic carbocycles. The van der Waals surface area contributed by atoms with E-state index in [-0.39, 0.29) is 6.42 Å². The largest absolute Gasteiger partial charge is 0.481 e. The van der Waals surface area contributed by atoms with Crippen LogP contribution in [0.2, 0.25) is 0 Å². The van der Waals surface area contributed by atoms with Crippen LogP contribution in [0.3, 0.4) is 0 Å². The van der Waals surface area contributed by atoms with Gasteiger partial charge in [0.25, 0.3) is 0 Å². The second kappa shape index (κ2) is 7.17. The number of aryl methyl sites for hydroxylation is 2. The van der Waals surface area contributed by atoms with Gasteiger partial charge in [0.2, 0.25) is 0 Å². The van der Waals surface area contributed by atoms with Crippen LogP contribution >= 0.6 is 11.3 Å². The van der Waals surface area contributed by atoms with Crippen LogP contribution in [0, 0.1) is 6.92 Å². The summed E-state index contributed by atoms with van der Waals surface area (Å²) in [5, 5.41) is 11.6. The first-order chi connectivity index (χ1) is 10.1. The molecule has 0 radical (unpaired) electrons. The maximum absolute atomic E-state index is 10.6. The Morgan fingerprint density at radius 2 is 2.14 bits per heavy atom. The van der Waals surface area contributed by atoms with E-state index in [4.69, 9.17) is 5.11 Å². The van der Waals surface area contributed by atoms with Gasteiger partial charge in [-0.05, 0) is 26.0 Å². The van der Waals surface area contributed by atoms with Crippen molar-refractivity contribution in [3.05, 3.63) is 40.7 Å². The number of rotatable bonds is 7. The highest BCUT2D eigenvalue weighted by Gasteiger charge is 2.11. The zero-order chi connectivity index (χ0) is 15.2. The average Bonchev–Trinajstić information content (AvgIpc) is 2.91. The van der Waals surface area contributed by atoms with Crippen molar-refractivity contribution in [2.24, 2.45) is 0 Å². The smallest absolute Gasteiger partial charge is 0.303 e.